The summed E-state index contributed by atoms with van der Waals surface area (Å²) >= 11 is 5.89. The SMILES string of the molecule is CCOc1ccc(N(CC(=O)N[C@H](C)C(C)C)S(=O)(=O)c2ccc(Cl)cc2)cc1. The molecule has 2 aromatic carbocycles. The van der Waals surface area contributed by atoms with Gasteiger partial charge in [0.15, 0.2) is 0 Å². The van der Waals surface area contributed by atoms with Crippen LogP contribution in [-0.2, 0) is 14.8 Å². The number of anilines is 1. The summed E-state index contributed by atoms with van der Waals surface area (Å²) in [5.41, 5.74) is 0.371. The van der Waals surface area contributed by atoms with Crippen molar-refractivity contribution in [1.29, 1.82) is 0 Å². The summed E-state index contributed by atoms with van der Waals surface area (Å²) in [6.45, 7) is 7.89. The maximum absolute atomic E-state index is 13.3. The second-order valence-electron chi connectivity index (χ2n) is 6.99. The van der Waals surface area contributed by atoms with Crippen LogP contribution in [0.15, 0.2) is 53.4 Å². The van der Waals surface area contributed by atoms with Crippen molar-refractivity contribution in [3.63, 3.8) is 0 Å². The third-order valence-corrected chi connectivity index (χ3v) is 6.55. The van der Waals surface area contributed by atoms with E-state index < -0.39 is 10.0 Å². The van der Waals surface area contributed by atoms with Gasteiger partial charge in [0.05, 0.1) is 17.2 Å². The first-order chi connectivity index (χ1) is 13.6. The van der Waals surface area contributed by atoms with Gasteiger partial charge in [-0.25, -0.2) is 8.42 Å². The second kappa shape index (κ2) is 9.98. The molecule has 0 fully saturated rings. The van der Waals surface area contributed by atoms with Crippen LogP contribution in [0.25, 0.3) is 0 Å². The van der Waals surface area contributed by atoms with Crippen LogP contribution < -0.4 is 14.4 Å². The lowest BCUT2D eigenvalue weighted by Gasteiger charge is -2.26. The summed E-state index contributed by atoms with van der Waals surface area (Å²) < 4.78 is 33.1. The highest BCUT2D eigenvalue weighted by Crippen LogP contribution is 2.26. The minimum Gasteiger partial charge on any atom is -0.494 e. The van der Waals surface area contributed by atoms with Crippen LogP contribution in [0.4, 0.5) is 5.69 Å². The molecule has 0 aromatic heterocycles. The molecule has 1 amide bonds. The van der Waals surface area contributed by atoms with E-state index >= 15 is 0 Å². The highest BCUT2D eigenvalue weighted by molar-refractivity contribution is 7.92. The number of halogens is 1. The Hall–Kier alpha value is -2.25. The van der Waals surface area contributed by atoms with Crippen molar-refractivity contribution in [3.8, 4) is 5.75 Å². The van der Waals surface area contributed by atoms with Crippen molar-refractivity contribution in [1.82, 2.24) is 5.32 Å². The van der Waals surface area contributed by atoms with E-state index in [9.17, 15) is 13.2 Å². The van der Waals surface area contributed by atoms with Gasteiger partial charge in [0.2, 0.25) is 5.91 Å². The molecule has 158 valence electrons. The molecule has 0 aliphatic carbocycles. The predicted molar refractivity (Wildman–Crippen MR) is 116 cm³/mol. The fourth-order valence-corrected chi connectivity index (χ4v) is 4.07. The molecule has 2 rings (SSSR count). The number of hydrogen-bond acceptors (Lipinski definition) is 4. The van der Waals surface area contributed by atoms with E-state index in [-0.39, 0.29) is 29.3 Å². The van der Waals surface area contributed by atoms with Crippen LogP contribution in [0.5, 0.6) is 5.75 Å². The number of sulfonamides is 1. The van der Waals surface area contributed by atoms with Crippen LogP contribution in [0.2, 0.25) is 5.02 Å². The van der Waals surface area contributed by atoms with Gasteiger partial charge in [-0.15, -0.1) is 0 Å². The molecule has 29 heavy (non-hydrogen) atoms. The third kappa shape index (κ3) is 6.11. The number of hydrogen-bond donors (Lipinski definition) is 1. The fourth-order valence-electron chi connectivity index (χ4n) is 2.52. The van der Waals surface area contributed by atoms with Gasteiger partial charge in [-0.05, 0) is 68.3 Å². The van der Waals surface area contributed by atoms with Crippen molar-refractivity contribution in [2.75, 3.05) is 17.5 Å². The Kier molecular flexibility index (Phi) is 7.93. The standard InChI is InChI=1S/C21H27ClN2O4S/c1-5-28-19-10-8-18(9-11-19)24(14-21(25)23-16(4)15(2)3)29(26,27)20-12-6-17(22)7-13-20/h6-13,15-16H,5,14H2,1-4H3,(H,23,25)/t16-/m1/s1. The molecule has 0 aliphatic rings. The van der Waals surface area contributed by atoms with Crippen molar-refractivity contribution >= 4 is 33.2 Å². The first kappa shape index (κ1) is 23.0. The summed E-state index contributed by atoms with van der Waals surface area (Å²) in [4.78, 5) is 12.6. The lowest BCUT2D eigenvalue weighted by atomic mass is 10.1. The molecule has 6 nitrogen and oxygen atoms in total. The second-order valence-corrected chi connectivity index (χ2v) is 9.29. The van der Waals surface area contributed by atoms with Gasteiger partial charge in [-0.3, -0.25) is 9.10 Å². The smallest absolute Gasteiger partial charge is 0.264 e. The molecule has 8 heteroatoms. The van der Waals surface area contributed by atoms with E-state index in [1.807, 2.05) is 27.7 Å². The Morgan fingerprint density at radius 3 is 2.17 bits per heavy atom. The van der Waals surface area contributed by atoms with Gasteiger partial charge in [0, 0.05) is 11.1 Å². The molecule has 1 N–H and O–H groups in total. The number of rotatable bonds is 9. The van der Waals surface area contributed by atoms with E-state index in [0.717, 1.165) is 4.31 Å². The van der Waals surface area contributed by atoms with E-state index in [4.69, 9.17) is 16.3 Å². The molecule has 0 heterocycles. The van der Waals surface area contributed by atoms with Gasteiger partial charge in [0.25, 0.3) is 10.0 Å². The van der Waals surface area contributed by atoms with Crippen LogP contribution in [0, 0.1) is 5.92 Å². The van der Waals surface area contributed by atoms with Gasteiger partial charge in [-0.2, -0.15) is 0 Å². The first-order valence-corrected chi connectivity index (χ1v) is 11.3. The molecule has 1 atom stereocenters. The third-order valence-electron chi connectivity index (χ3n) is 4.51. The monoisotopic (exact) mass is 438 g/mol. The Morgan fingerprint density at radius 1 is 1.07 bits per heavy atom. The van der Waals surface area contributed by atoms with Crippen molar-refractivity contribution < 1.29 is 17.9 Å². The molecule has 0 bridgehead atoms. The minimum atomic E-state index is -3.97. The van der Waals surface area contributed by atoms with Gasteiger partial charge in [-0.1, -0.05) is 25.4 Å². The van der Waals surface area contributed by atoms with E-state index in [1.165, 1.54) is 24.3 Å². The summed E-state index contributed by atoms with van der Waals surface area (Å²) in [5, 5.41) is 3.28. The molecular weight excluding hydrogens is 412 g/mol. The van der Waals surface area contributed by atoms with Gasteiger partial charge < -0.3 is 10.1 Å². The Labute approximate surface area is 177 Å². The summed E-state index contributed by atoms with van der Waals surface area (Å²) in [6, 6.07) is 12.4. The summed E-state index contributed by atoms with van der Waals surface area (Å²) in [5.74, 6) is 0.473. The Bertz CT molecular complexity index is 913. The zero-order chi connectivity index (χ0) is 21.6. The number of nitrogens with zero attached hydrogens (tertiary/aromatic N) is 1. The molecule has 0 radical (unpaired) electrons. The Balaban J connectivity index is 2.39. The Morgan fingerprint density at radius 2 is 1.66 bits per heavy atom. The quantitative estimate of drug-likeness (QED) is 0.639. The van der Waals surface area contributed by atoms with Gasteiger partial charge >= 0.3 is 0 Å². The normalized spacial score (nSPS) is 12.5. The van der Waals surface area contributed by atoms with Crippen molar-refractivity contribution in [2.45, 2.75) is 38.6 Å². The predicted octanol–water partition coefficient (Wildman–Crippen LogP) is 4.09. The largest absolute Gasteiger partial charge is 0.494 e. The molecule has 0 saturated carbocycles. The molecule has 0 unspecified atom stereocenters. The number of ether oxygens (including phenoxy) is 1. The fraction of sp³-hybridized carbons (Fsp3) is 0.381. The number of carbonyl (C=O) groups excluding carboxylic acids is 1. The first-order valence-electron chi connectivity index (χ1n) is 9.45. The maximum Gasteiger partial charge on any atom is 0.264 e. The van der Waals surface area contributed by atoms with Gasteiger partial charge in [0.1, 0.15) is 12.3 Å². The molecule has 0 saturated heterocycles. The van der Waals surface area contributed by atoms with Crippen LogP contribution in [0.3, 0.4) is 0 Å². The van der Waals surface area contributed by atoms with E-state index in [2.05, 4.69) is 5.32 Å². The molecule has 0 aliphatic heterocycles. The molecule has 2 aromatic rings. The van der Waals surface area contributed by atoms with Crippen LogP contribution >= 0.6 is 11.6 Å². The van der Waals surface area contributed by atoms with E-state index in [1.54, 1.807) is 24.3 Å². The highest BCUT2D eigenvalue weighted by atomic mass is 35.5. The average Bonchev–Trinajstić information content (AvgIpc) is 2.67. The lowest BCUT2D eigenvalue weighted by molar-refractivity contribution is -0.120. The summed E-state index contributed by atoms with van der Waals surface area (Å²) in [7, 11) is -3.97. The van der Waals surface area contributed by atoms with Crippen LogP contribution in [-0.4, -0.2) is 33.5 Å². The summed E-state index contributed by atoms with van der Waals surface area (Å²) in [6.07, 6.45) is 0. The zero-order valence-electron chi connectivity index (χ0n) is 17.1. The highest BCUT2D eigenvalue weighted by Gasteiger charge is 2.28. The average molecular weight is 439 g/mol. The van der Waals surface area contributed by atoms with Crippen LogP contribution in [0.1, 0.15) is 27.7 Å². The topological polar surface area (TPSA) is 75.7 Å². The lowest BCUT2D eigenvalue weighted by Crippen LogP contribution is -2.45. The van der Waals surface area contributed by atoms with E-state index in [0.29, 0.717) is 23.1 Å². The number of nitrogens with one attached hydrogen (secondary N) is 1. The number of amides is 1. The van der Waals surface area contributed by atoms with Crippen molar-refractivity contribution in [3.05, 3.63) is 53.6 Å². The molecular formula is C21H27ClN2O4S. The molecule has 0 spiro atoms. The number of carbonyl (C=O) groups is 1. The zero-order valence-corrected chi connectivity index (χ0v) is 18.6. The minimum absolute atomic E-state index is 0.0560. The number of benzene rings is 2. The maximum atomic E-state index is 13.3. The van der Waals surface area contributed by atoms with Crippen molar-refractivity contribution in [2.24, 2.45) is 5.92 Å².